The summed E-state index contributed by atoms with van der Waals surface area (Å²) in [4.78, 5) is 32.4. The standard InChI is InChI=1S/C24H22FN3O2S2/c1-2-27(14-17-6-4-3-5-7-17)21(29)16-32-24-26-20-12-13-31-22(20)23(30)28(24)15-18-8-10-19(25)11-9-18/h3-13H,2,14-16H2,1H3. The number of carbonyl (C=O) groups excluding carboxylic acids is 1. The van der Waals surface area contributed by atoms with Gasteiger partial charge in [0.2, 0.25) is 5.91 Å². The zero-order valence-electron chi connectivity index (χ0n) is 17.5. The Morgan fingerprint density at radius 2 is 1.84 bits per heavy atom. The van der Waals surface area contributed by atoms with E-state index < -0.39 is 0 Å². The fourth-order valence-corrected chi connectivity index (χ4v) is 5.02. The number of amides is 1. The van der Waals surface area contributed by atoms with E-state index in [1.165, 1.54) is 35.2 Å². The lowest BCUT2D eigenvalue weighted by Crippen LogP contribution is -2.32. The lowest BCUT2D eigenvalue weighted by molar-refractivity contribution is -0.128. The predicted molar refractivity (Wildman–Crippen MR) is 128 cm³/mol. The molecule has 0 saturated heterocycles. The summed E-state index contributed by atoms with van der Waals surface area (Å²) in [5.41, 5.74) is 2.33. The average Bonchev–Trinajstić information content (AvgIpc) is 3.29. The quantitative estimate of drug-likeness (QED) is 0.276. The second-order valence-electron chi connectivity index (χ2n) is 7.23. The molecule has 1 amide bonds. The highest BCUT2D eigenvalue weighted by atomic mass is 32.2. The highest BCUT2D eigenvalue weighted by molar-refractivity contribution is 7.99. The first-order valence-electron chi connectivity index (χ1n) is 10.2. The van der Waals surface area contributed by atoms with Gasteiger partial charge in [-0.2, -0.15) is 0 Å². The zero-order chi connectivity index (χ0) is 22.5. The van der Waals surface area contributed by atoms with Crippen molar-refractivity contribution in [3.05, 3.63) is 93.3 Å². The largest absolute Gasteiger partial charge is 0.338 e. The Bertz CT molecular complexity index is 1270. The predicted octanol–water partition coefficient (Wildman–Crippen LogP) is 4.79. The van der Waals surface area contributed by atoms with E-state index in [0.717, 1.165) is 11.1 Å². The fourth-order valence-electron chi connectivity index (χ4n) is 3.34. The lowest BCUT2D eigenvalue weighted by Gasteiger charge is -2.21. The maximum atomic E-state index is 13.3. The Morgan fingerprint density at radius 1 is 1.09 bits per heavy atom. The SMILES string of the molecule is CCN(Cc1ccccc1)C(=O)CSc1nc2ccsc2c(=O)n1Cc1ccc(F)cc1. The van der Waals surface area contributed by atoms with Crippen LogP contribution in [0, 0.1) is 5.82 Å². The molecule has 0 aliphatic carbocycles. The van der Waals surface area contributed by atoms with Gasteiger partial charge in [-0.25, -0.2) is 9.37 Å². The summed E-state index contributed by atoms with van der Waals surface area (Å²) in [7, 11) is 0. The topological polar surface area (TPSA) is 55.2 Å². The van der Waals surface area contributed by atoms with Crippen LogP contribution in [0.1, 0.15) is 18.1 Å². The van der Waals surface area contributed by atoms with E-state index in [2.05, 4.69) is 4.98 Å². The summed E-state index contributed by atoms with van der Waals surface area (Å²) in [5.74, 6) is -0.174. The molecule has 0 aliphatic heterocycles. The van der Waals surface area contributed by atoms with Crippen molar-refractivity contribution in [3.63, 3.8) is 0 Å². The first-order chi connectivity index (χ1) is 15.5. The number of rotatable bonds is 8. The maximum Gasteiger partial charge on any atom is 0.272 e. The third kappa shape index (κ3) is 5.08. The van der Waals surface area contributed by atoms with E-state index in [-0.39, 0.29) is 29.6 Å². The molecule has 2 heterocycles. The second-order valence-corrected chi connectivity index (χ2v) is 9.09. The van der Waals surface area contributed by atoms with Gasteiger partial charge in [0, 0.05) is 13.1 Å². The Balaban J connectivity index is 1.56. The van der Waals surface area contributed by atoms with E-state index in [1.54, 1.807) is 21.6 Å². The molecule has 2 aromatic heterocycles. The molecule has 0 radical (unpaired) electrons. The normalized spacial score (nSPS) is 11.1. The minimum absolute atomic E-state index is 0.0191. The number of fused-ring (bicyclic) bond motifs is 1. The molecule has 0 bridgehead atoms. The van der Waals surface area contributed by atoms with E-state index in [1.807, 2.05) is 48.7 Å². The summed E-state index contributed by atoms with van der Waals surface area (Å²) in [6.07, 6.45) is 0. The van der Waals surface area contributed by atoms with Gasteiger partial charge in [0.25, 0.3) is 5.56 Å². The Labute approximate surface area is 193 Å². The van der Waals surface area contributed by atoms with Crippen LogP contribution in [0.15, 0.2) is 76.0 Å². The van der Waals surface area contributed by atoms with E-state index in [4.69, 9.17) is 0 Å². The van der Waals surface area contributed by atoms with Crippen molar-refractivity contribution in [2.75, 3.05) is 12.3 Å². The molecule has 5 nitrogen and oxygen atoms in total. The first-order valence-corrected chi connectivity index (χ1v) is 12.1. The number of aromatic nitrogens is 2. The Hall–Kier alpha value is -2.97. The number of nitrogens with zero attached hydrogens (tertiary/aromatic N) is 3. The molecule has 4 rings (SSSR count). The first kappa shape index (κ1) is 22.2. The van der Waals surface area contributed by atoms with E-state index in [9.17, 15) is 14.0 Å². The number of thioether (sulfide) groups is 1. The van der Waals surface area contributed by atoms with Crippen molar-refractivity contribution >= 4 is 39.2 Å². The zero-order valence-corrected chi connectivity index (χ0v) is 19.2. The van der Waals surface area contributed by atoms with Gasteiger partial charge in [0.1, 0.15) is 10.5 Å². The van der Waals surface area contributed by atoms with Gasteiger partial charge in [-0.15, -0.1) is 11.3 Å². The maximum absolute atomic E-state index is 13.3. The summed E-state index contributed by atoms with van der Waals surface area (Å²) >= 11 is 2.60. The van der Waals surface area contributed by atoms with Crippen molar-refractivity contribution in [1.82, 2.24) is 14.5 Å². The number of hydrogen-bond donors (Lipinski definition) is 0. The highest BCUT2D eigenvalue weighted by Crippen LogP contribution is 2.22. The molecule has 0 saturated carbocycles. The van der Waals surface area contributed by atoms with E-state index >= 15 is 0 Å². The molecule has 2 aromatic carbocycles. The number of halogens is 1. The summed E-state index contributed by atoms with van der Waals surface area (Å²) in [5, 5.41) is 2.31. The highest BCUT2D eigenvalue weighted by Gasteiger charge is 2.17. The molecule has 0 fully saturated rings. The van der Waals surface area contributed by atoms with Crippen LogP contribution in [0.3, 0.4) is 0 Å². The summed E-state index contributed by atoms with van der Waals surface area (Å²) in [6.45, 7) is 3.34. The van der Waals surface area contributed by atoms with Gasteiger partial charge in [0.15, 0.2) is 5.16 Å². The van der Waals surface area contributed by atoms with Crippen LogP contribution in [0.5, 0.6) is 0 Å². The average molecular weight is 468 g/mol. The molecular formula is C24H22FN3O2S2. The molecule has 0 unspecified atom stereocenters. The molecule has 164 valence electrons. The number of carbonyl (C=O) groups is 1. The van der Waals surface area contributed by atoms with Gasteiger partial charge in [-0.3, -0.25) is 14.2 Å². The van der Waals surface area contributed by atoms with Gasteiger partial charge < -0.3 is 4.90 Å². The summed E-state index contributed by atoms with van der Waals surface area (Å²) < 4.78 is 15.4. The second kappa shape index (κ2) is 10.1. The van der Waals surface area contributed by atoms with Crippen molar-refractivity contribution in [1.29, 1.82) is 0 Å². The van der Waals surface area contributed by atoms with Crippen LogP contribution in [-0.4, -0.2) is 32.7 Å². The Kier molecular flexibility index (Phi) is 7.02. The number of thiophene rings is 1. The third-order valence-electron chi connectivity index (χ3n) is 5.06. The molecule has 0 spiro atoms. The van der Waals surface area contributed by atoms with Crippen LogP contribution in [0.4, 0.5) is 4.39 Å². The molecule has 8 heteroatoms. The van der Waals surface area contributed by atoms with Crippen molar-refractivity contribution in [2.24, 2.45) is 0 Å². The van der Waals surface area contributed by atoms with Crippen LogP contribution in [0.2, 0.25) is 0 Å². The smallest absolute Gasteiger partial charge is 0.272 e. The van der Waals surface area contributed by atoms with Crippen molar-refractivity contribution in [2.45, 2.75) is 25.2 Å². The van der Waals surface area contributed by atoms with Gasteiger partial charge in [-0.05, 0) is 41.6 Å². The minimum atomic E-state index is -0.328. The minimum Gasteiger partial charge on any atom is -0.338 e. The molecule has 0 aliphatic rings. The van der Waals surface area contributed by atoms with Gasteiger partial charge >= 0.3 is 0 Å². The number of benzene rings is 2. The molecule has 0 N–H and O–H groups in total. The fraction of sp³-hybridized carbons (Fsp3) is 0.208. The lowest BCUT2D eigenvalue weighted by atomic mass is 10.2. The Morgan fingerprint density at radius 3 is 2.56 bits per heavy atom. The monoisotopic (exact) mass is 467 g/mol. The summed E-state index contributed by atoms with van der Waals surface area (Å²) in [6, 6.07) is 17.7. The van der Waals surface area contributed by atoms with Crippen LogP contribution in [0.25, 0.3) is 10.2 Å². The van der Waals surface area contributed by atoms with E-state index in [0.29, 0.717) is 28.5 Å². The van der Waals surface area contributed by atoms with Gasteiger partial charge in [-0.1, -0.05) is 54.2 Å². The number of hydrogen-bond acceptors (Lipinski definition) is 5. The molecule has 32 heavy (non-hydrogen) atoms. The molecule has 0 atom stereocenters. The van der Waals surface area contributed by atoms with Crippen LogP contribution >= 0.6 is 23.1 Å². The van der Waals surface area contributed by atoms with Crippen LogP contribution < -0.4 is 5.56 Å². The molecule has 4 aromatic rings. The van der Waals surface area contributed by atoms with Gasteiger partial charge in [0.05, 0.1) is 17.8 Å². The molecular weight excluding hydrogens is 445 g/mol. The van der Waals surface area contributed by atoms with Crippen LogP contribution in [-0.2, 0) is 17.9 Å². The van der Waals surface area contributed by atoms with Crippen molar-refractivity contribution in [3.8, 4) is 0 Å². The van der Waals surface area contributed by atoms with Crippen molar-refractivity contribution < 1.29 is 9.18 Å². The third-order valence-corrected chi connectivity index (χ3v) is 6.91.